The summed E-state index contributed by atoms with van der Waals surface area (Å²) in [4.78, 5) is 12.2. The van der Waals surface area contributed by atoms with Gasteiger partial charge in [0.2, 0.25) is 0 Å². The molecule has 3 unspecified atom stereocenters. The maximum Gasteiger partial charge on any atom is 0.308 e. The van der Waals surface area contributed by atoms with Crippen LogP contribution in [0.5, 0.6) is 0 Å². The van der Waals surface area contributed by atoms with Gasteiger partial charge in [-0.2, -0.15) is 0 Å². The van der Waals surface area contributed by atoms with Crippen molar-refractivity contribution in [1.82, 2.24) is 0 Å². The predicted molar refractivity (Wildman–Crippen MR) is 96.6 cm³/mol. The van der Waals surface area contributed by atoms with Gasteiger partial charge in [-0.3, -0.25) is 4.79 Å². The Balaban J connectivity index is 3.03. The molecule has 3 atom stereocenters. The Morgan fingerprint density at radius 3 is 1.62 bits per heavy atom. The van der Waals surface area contributed by atoms with Gasteiger partial charge in [-0.15, -0.1) is 0 Å². The van der Waals surface area contributed by atoms with E-state index in [1.165, 1.54) is 0 Å². The number of esters is 1. The SMILES string of the molecule is CCC(C)C(=O)OC1CC(C(O)(CC)CC)C(C(O)(CC)CC)C1. The van der Waals surface area contributed by atoms with Gasteiger partial charge >= 0.3 is 5.97 Å². The van der Waals surface area contributed by atoms with Crippen molar-refractivity contribution >= 4 is 5.97 Å². The molecule has 0 radical (unpaired) electrons. The van der Waals surface area contributed by atoms with E-state index < -0.39 is 11.2 Å². The number of ether oxygens (including phenoxy) is 1. The number of aliphatic hydroxyl groups is 2. The maximum absolute atomic E-state index is 12.2. The Morgan fingerprint density at radius 2 is 1.33 bits per heavy atom. The highest BCUT2D eigenvalue weighted by Crippen LogP contribution is 2.49. The highest BCUT2D eigenvalue weighted by Gasteiger charge is 2.52. The Kier molecular flexibility index (Phi) is 7.74. The van der Waals surface area contributed by atoms with Gasteiger partial charge in [0.05, 0.1) is 17.1 Å². The average Bonchev–Trinajstić information content (AvgIpc) is 3.04. The lowest BCUT2D eigenvalue weighted by Gasteiger charge is -2.42. The van der Waals surface area contributed by atoms with Crippen molar-refractivity contribution in [3.8, 4) is 0 Å². The lowest BCUT2D eigenvalue weighted by molar-refractivity contribution is -0.154. The molecule has 0 aromatic rings. The van der Waals surface area contributed by atoms with Crippen molar-refractivity contribution in [2.24, 2.45) is 17.8 Å². The van der Waals surface area contributed by atoms with Gasteiger partial charge in [-0.1, -0.05) is 41.5 Å². The van der Waals surface area contributed by atoms with Crippen molar-refractivity contribution in [2.75, 3.05) is 0 Å². The summed E-state index contributed by atoms with van der Waals surface area (Å²) in [6, 6.07) is 0. The highest BCUT2D eigenvalue weighted by atomic mass is 16.5. The van der Waals surface area contributed by atoms with Crippen LogP contribution in [-0.4, -0.2) is 33.5 Å². The molecular formula is C20H38O4. The van der Waals surface area contributed by atoms with E-state index in [1.807, 2.05) is 41.5 Å². The Hall–Kier alpha value is -0.610. The van der Waals surface area contributed by atoms with E-state index in [2.05, 4.69) is 0 Å². The second-order valence-electron chi connectivity index (χ2n) is 7.67. The molecule has 4 heteroatoms. The molecule has 0 heterocycles. The van der Waals surface area contributed by atoms with E-state index in [4.69, 9.17) is 4.74 Å². The summed E-state index contributed by atoms with van der Waals surface area (Å²) in [5.41, 5.74) is -1.61. The first-order chi connectivity index (χ1) is 11.2. The molecule has 142 valence electrons. The maximum atomic E-state index is 12.2. The molecule has 4 nitrogen and oxygen atoms in total. The fraction of sp³-hybridized carbons (Fsp3) is 0.950. The van der Waals surface area contributed by atoms with Crippen LogP contribution in [0.1, 0.15) is 86.5 Å². The van der Waals surface area contributed by atoms with E-state index in [0.29, 0.717) is 38.5 Å². The molecule has 0 aromatic heterocycles. The number of hydrogen-bond acceptors (Lipinski definition) is 4. The van der Waals surface area contributed by atoms with E-state index >= 15 is 0 Å². The van der Waals surface area contributed by atoms with Crippen molar-refractivity contribution in [3.63, 3.8) is 0 Å². The lowest BCUT2D eigenvalue weighted by Crippen LogP contribution is -2.47. The number of carbonyl (C=O) groups is 1. The minimum Gasteiger partial charge on any atom is -0.462 e. The zero-order valence-corrected chi connectivity index (χ0v) is 16.5. The third-order valence-corrected chi connectivity index (χ3v) is 6.65. The van der Waals surface area contributed by atoms with Crippen LogP contribution in [0.4, 0.5) is 0 Å². The molecule has 1 aliphatic rings. The molecule has 0 spiro atoms. The predicted octanol–water partition coefficient (Wildman–Crippen LogP) is 4.07. The zero-order valence-electron chi connectivity index (χ0n) is 16.5. The number of hydrogen-bond donors (Lipinski definition) is 2. The molecule has 1 saturated carbocycles. The molecule has 1 fully saturated rings. The van der Waals surface area contributed by atoms with Crippen molar-refractivity contribution < 1.29 is 19.7 Å². The fourth-order valence-electron chi connectivity index (χ4n) is 4.27. The molecular weight excluding hydrogens is 304 g/mol. The quantitative estimate of drug-likeness (QED) is 0.620. The Labute approximate surface area is 148 Å². The summed E-state index contributed by atoms with van der Waals surface area (Å²) in [7, 11) is 0. The van der Waals surface area contributed by atoms with Gasteiger partial charge in [-0.25, -0.2) is 0 Å². The van der Waals surface area contributed by atoms with Gasteiger partial charge in [-0.05, 0) is 56.8 Å². The lowest BCUT2D eigenvalue weighted by atomic mass is 9.69. The second kappa shape index (κ2) is 8.66. The van der Waals surface area contributed by atoms with Gasteiger partial charge in [0, 0.05) is 0 Å². The highest BCUT2D eigenvalue weighted by molar-refractivity contribution is 5.72. The van der Waals surface area contributed by atoms with Crippen molar-refractivity contribution in [3.05, 3.63) is 0 Å². The largest absolute Gasteiger partial charge is 0.462 e. The Morgan fingerprint density at radius 1 is 0.958 bits per heavy atom. The second-order valence-corrected chi connectivity index (χ2v) is 7.67. The molecule has 1 rings (SSSR count). The average molecular weight is 343 g/mol. The van der Waals surface area contributed by atoms with E-state index in [0.717, 1.165) is 6.42 Å². The van der Waals surface area contributed by atoms with E-state index in [-0.39, 0.29) is 29.8 Å². The van der Waals surface area contributed by atoms with Crippen LogP contribution >= 0.6 is 0 Å². The van der Waals surface area contributed by atoms with Gasteiger partial charge < -0.3 is 14.9 Å². The molecule has 2 N–H and O–H groups in total. The summed E-state index contributed by atoms with van der Waals surface area (Å²) in [6.45, 7) is 11.8. The monoisotopic (exact) mass is 342 g/mol. The first-order valence-corrected chi connectivity index (χ1v) is 9.86. The summed E-state index contributed by atoms with van der Waals surface area (Å²) < 4.78 is 5.73. The van der Waals surface area contributed by atoms with E-state index in [9.17, 15) is 15.0 Å². The first kappa shape index (κ1) is 21.4. The molecule has 0 aromatic carbocycles. The Bertz CT molecular complexity index is 372. The summed E-state index contributed by atoms with van der Waals surface area (Å²) in [5.74, 6) is -0.329. The van der Waals surface area contributed by atoms with Crippen LogP contribution in [0.2, 0.25) is 0 Å². The van der Waals surface area contributed by atoms with E-state index in [1.54, 1.807) is 0 Å². The minimum absolute atomic E-state index is 0.0351. The van der Waals surface area contributed by atoms with Crippen molar-refractivity contribution in [1.29, 1.82) is 0 Å². The molecule has 0 saturated heterocycles. The van der Waals surface area contributed by atoms with Crippen LogP contribution < -0.4 is 0 Å². The van der Waals surface area contributed by atoms with Crippen LogP contribution in [0, 0.1) is 17.8 Å². The topological polar surface area (TPSA) is 66.8 Å². The van der Waals surface area contributed by atoms with Crippen molar-refractivity contribution in [2.45, 2.75) is 104 Å². The van der Waals surface area contributed by atoms with Crippen LogP contribution in [-0.2, 0) is 9.53 Å². The number of rotatable bonds is 9. The summed E-state index contributed by atoms with van der Waals surface area (Å²) in [5, 5.41) is 22.2. The van der Waals surface area contributed by atoms with Gasteiger partial charge in [0.25, 0.3) is 0 Å². The van der Waals surface area contributed by atoms with Gasteiger partial charge in [0.1, 0.15) is 6.10 Å². The van der Waals surface area contributed by atoms with Gasteiger partial charge in [0.15, 0.2) is 0 Å². The molecule has 0 aliphatic heterocycles. The third-order valence-electron chi connectivity index (χ3n) is 6.65. The smallest absolute Gasteiger partial charge is 0.308 e. The standard InChI is InChI=1S/C20H38O4/c1-7-14(6)18(21)24-15-12-16(19(22,8-2)9-3)17(13-15)20(23,10-4)11-5/h14-17,22-23H,7-13H2,1-6H3. The normalized spacial score (nSPS) is 26.4. The van der Waals surface area contributed by atoms with Crippen LogP contribution in [0.3, 0.4) is 0 Å². The number of carbonyl (C=O) groups excluding carboxylic acids is 1. The van der Waals surface area contributed by atoms with Crippen LogP contribution in [0.15, 0.2) is 0 Å². The summed E-state index contributed by atoms with van der Waals surface area (Å²) in [6.07, 6.45) is 4.47. The van der Waals surface area contributed by atoms with Crippen LogP contribution in [0.25, 0.3) is 0 Å². The molecule has 24 heavy (non-hydrogen) atoms. The zero-order chi connectivity index (χ0) is 18.5. The fourth-order valence-corrected chi connectivity index (χ4v) is 4.27. The third kappa shape index (κ3) is 4.32. The summed E-state index contributed by atoms with van der Waals surface area (Å²) >= 11 is 0. The molecule has 0 bridgehead atoms. The molecule has 0 amide bonds. The molecule has 1 aliphatic carbocycles. The minimum atomic E-state index is -0.805. The first-order valence-electron chi connectivity index (χ1n) is 9.86.